The van der Waals surface area contributed by atoms with Gasteiger partial charge in [0.05, 0.1) is 12.5 Å². The van der Waals surface area contributed by atoms with Crippen molar-refractivity contribution >= 4 is 5.91 Å². The fraction of sp³-hybridized carbons (Fsp3) is 0.545. The average Bonchev–Trinajstić information content (AvgIpc) is 2.24. The molecule has 0 fully saturated rings. The summed E-state index contributed by atoms with van der Waals surface area (Å²) in [4.78, 5) is 39.7. The summed E-state index contributed by atoms with van der Waals surface area (Å²) < 4.78 is 0. The van der Waals surface area contributed by atoms with Crippen molar-refractivity contribution in [2.75, 3.05) is 13.6 Å². The van der Waals surface area contributed by atoms with E-state index >= 15 is 0 Å². The number of amides is 1. The number of carbonyl (C=O) groups is 1. The van der Waals surface area contributed by atoms with Gasteiger partial charge in [0.1, 0.15) is 0 Å². The van der Waals surface area contributed by atoms with Crippen LogP contribution in [0.4, 0.5) is 0 Å². The van der Waals surface area contributed by atoms with E-state index in [0.717, 1.165) is 0 Å². The molecule has 7 nitrogen and oxygen atoms in total. The Morgan fingerprint density at radius 1 is 1.44 bits per heavy atom. The van der Waals surface area contributed by atoms with Crippen LogP contribution in [-0.4, -0.2) is 45.6 Å². The van der Waals surface area contributed by atoms with Crippen molar-refractivity contribution in [1.82, 2.24) is 14.9 Å². The van der Waals surface area contributed by atoms with E-state index in [1.54, 1.807) is 14.0 Å². The molecule has 0 aliphatic rings. The topological polar surface area (TPSA) is 106 Å². The lowest BCUT2D eigenvalue weighted by Gasteiger charge is -2.17. The smallest absolute Gasteiger partial charge is 0.325 e. The second-order valence-electron chi connectivity index (χ2n) is 4.24. The molecule has 1 aromatic heterocycles. The second kappa shape index (κ2) is 6.15. The fourth-order valence-electron chi connectivity index (χ4n) is 1.42. The largest absolute Gasteiger partial charge is 0.393 e. The average molecular weight is 255 g/mol. The number of aliphatic hydroxyl groups is 1. The lowest BCUT2D eigenvalue weighted by molar-refractivity contribution is -0.129. The summed E-state index contributed by atoms with van der Waals surface area (Å²) in [5, 5.41) is 9.11. The van der Waals surface area contributed by atoms with Crippen LogP contribution in [0, 0.1) is 0 Å². The van der Waals surface area contributed by atoms with Gasteiger partial charge in [-0.15, -0.1) is 0 Å². The fourth-order valence-corrected chi connectivity index (χ4v) is 1.42. The minimum atomic E-state index is -0.628. The highest BCUT2D eigenvalue weighted by Crippen LogP contribution is 1.98. The summed E-state index contributed by atoms with van der Waals surface area (Å²) in [5.41, 5.74) is -0.886. The van der Waals surface area contributed by atoms with Crippen molar-refractivity contribution in [1.29, 1.82) is 0 Å². The molecule has 0 aliphatic heterocycles. The van der Waals surface area contributed by atoms with E-state index in [0.29, 0.717) is 13.0 Å². The third-order valence-corrected chi connectivity index (χ3v) is 2.47. The number of likely N-dealkylation sites (N-methyl/N-ethyl adjacent to an activating group) is 1. The molecule has 0 radical (unpaired) electrons. The summed E-state index contributed by atoms with van der Waals surface area (Å²) in [6.45, 7) is 2.07. The highest BCUT2D eigenvalue weighted by Gasteiger charge is 2.11. The van der Waals surface area contributed by atoms with E-state index in [1.165, 1.54) is 11.0 Å². The molecule has 0 spiro atoms. The number of aliphatic hydroxyl groups excluding tert-OH is 1. The van der Waals surface area contributed by atoms with Gasteiger partial charge in [0.2, 0.25) is 5.91 Å². The van der Waals surface area contributed by atoms with Gasteiger partial charge >= 0.3 is 5.69 Å². The molecular weight excluding hydrogens is 238 g/mol. The Labute approximate surface area is 103 Å². The molecule has 1 rings (SSSR count). The van der Waals surface area contributed by atoms with Crippen molar-refractivity contribution in [2.24, 2.45) is 0 Å². The SMILES string of the molecule is CC(O)CCN(C)C(=O)Cc1cc(=O)[nH]c(=O)[nH]1. The molecule has 3 N–H and O–H groups in total. The van der Waals surface area contributed by atoms with E-state index in [-0.39, 0.29) is 18.0 Å². The van der Waals surface area contributed by atoms with Gasteiger partial charge in [-0.2, -0.15) is 0 Å². The zero-order chi connectivity index (χ0) is 13.7. The first-order chi connectivity index (χ1) is 8.38. The normalized spacial score (nSPS) is 12.2. The standard InChI is InChI=1S/C11H17N3O4/c1-7(15)3-4-14(2)10(17)6-8-5-9(16)13-11(18)12-8/h5,7,15H,3-4,6H2,1-2H3,(H2,12,13,16,18). The molecule has 1 amide bonds. The van der Waals surface area contributed by atoms with Crippen molar-refractivity contribution in [2.45, 2.75) is 25.9 Å². The Hall–Kier alpha value is -1.89. The maximum Gasteiger partial charge on any atom is 0.325 e. The Morgan fingerprint density at radius 2 is 2.11 bits per heavy atom. The summed E-state index contributed by atoms with van der Waals surface area (Å²) in [5.74, 6) is -0.225. The molecule has 100 valence electrons. The second-order valence-corrected chi connectivity index (χ2v) is 4.24. The van der Waals surface area contributed by atoms with Crippen molar-refractivity contribution in [3.63, 3.8) is 0 Å². The number of H-pyrrole nitrogens is 2. The highest BCUT2D eigenvalue weighted by atomic mass is 16.3. The number of nitrogens with zero attached hydrogens (tertiary/aromatic N) is 1. The molecule has 0 aromatic carbocycles. The number of aromatic nitrogens is 2. The minimum Gasteiger partial charge on any atom is -0.393 e. The third-order valence-electron chi connectivity index (χ3n) is 2.47. The molecule has 7 heteroatoms. The van der Waals surface area contributed by atoms with Crippen molar-refractivity contribution in [3.05, 3.63) is 32.6 Å². The predicted octanol–water partition coefficient (Wildman–Crippen LogP) is -1.16. The van der Waals surface area contributed by atoms with E-state index < -0.39 is 17.4 Å². The zero-order valence-electron chi connectivity index (χ0n) is 10.4. The van der Waals surface area contributed by atoms with E-state index in [9.17, 15) is 14.4 Å². The first kappa shape index (κ1) is 14.2. The van der Waals surface area contributed by atoms with Crippen LogP contribution >= 0.6 is 0 Å². The first-order valence-corrected chi connectivity index (χ1v) is 5.63. The Morgan fingerprint density at radius 3 is 2.67 bits per heavy atom. The predicted molar refractivity (Wildman–Crippen MR) is 65.3 cm³/mol. The van der Waals surface area contributed by atoms with E-state index in [4.69, 9.17) is 5.11 Å². The van der Waals surface area contributed by atoms with E-state index in [1.807, 2.05) is 4.98 Å². The Bertz CT molecular complexity index is 489. The Kier molecular flexibility index (Phi) is 4.85. The van der Waals surface area contributed by atoms with Gasteiger partial charge in [0.15, 0.2) is 0 Å². The number of nitrogens with one attached hydrogen (secondary N) is 2. The molecule has 1 heterocycles. The maximum atomic E-state index is 11.8. The Balaban J connectivity index is 2.63. The molecular formula is C11H17N3O4. The minimum absolute atomic E-state index is 0.0462. The summed E-state index contributed by atoms with van der Waals surface area (Å²) in [7, 11) is 1.61. The molecule has 1 aromatic rings. The first-order valence-electron chi connectivity index (χ1n) is 5.63. The molecule has 0 aliphatic carbocycles. The van der Waals surface area contributed by atoms with Gasteiger partial charge < -0.3 is 15.0 Å². The summed E-state index contributed by atoms with van der Waals surface area (Å²) >= 11 is 0. The van der Waals surface area contributed by atoms with Crippen LogP contribution in [0.2, 0.25) is 0 Å². The zero-order valence-corrected chi connectivity index (χ0v) is 10.4. The van der Waals surface area contributed by atoms with Crippen LogP contribution in [-0.2, 0) is 11.2 Å². The number of aromatic amines is 2. The molecule has 0 saturated carbocycles. The third kappa shape index (κ3) is 4.54. The van der Waals surface area contributed by atoms with Crippen LogP contribution in [0.5, 0.6) is 0 Å². The van der Waals surface area contributed by atoms with Crippen molar-refractivity contribution in [3.8, 4) is 0 Å². The van der Waals surface area contributed by atoms with Gasteiger partial charge in [-0.25, -0.2) is 4.79 Å². The van der Waals surface area contributed by atoms with Gasteiger partial charge in [-0.3, -0.25) is 14.6 Å². The monoisotopic (exact) mass is 255 g/mol. The van der Waals surface area contributed by atoms with Gasteiger partial charge in [0, 0.05) is 25.4 Å². The lowest BCUT2D eigenvalue weighted by Crippen LogP contribution is -2.32. The van der Waals surface area contributed by atoms with Crippen LogP contribution in [0.15, 0.2) is 15.7 Å². The highest BCUT2D eigenvalue weighted by molar-refractivity contribution is 5.77. The van der Waals surface area contributed by atoms with Crippen LogP contribution in [0.25, 0.3) is 0 Å². The van der Waals surface area contributed by atoms with Crippen LogP contribution in [0.3, 0.4) is 0 Å². The van der Waals surface area contributed by atoms with Crippen molar-refractivity contribution < 1.29 is 9.90 Å². The number of rotatable bonds is 5. The summed E-state index contributed by atoms with van der Waals surface area (Å²) in [6.07, 6.45) is -0.0384. The number of carbonyl (C=O) groups excluding carboxylic acids is 1. The maximum absolute atomic E-state index is 11.8. The number of hydrogen-bond acceptors (Lipinski definition) is 4. The van der Waals surface area contributed by atoms with Crippen LogP contribution < -0.4 is 11.2 Å². The molecule has 1 atom stereocenters. The molecule has 0 saturated heterocycles. The molecule has 1 unspecified atom stereocenters. The van der Waals surface area contributed by atoms with Crippen LogP contribution in [0.1, 0.15) is 19.0 Å². The lowest BCUT2D eigenvalue weighted by atomic mass is 10.2. The quantitative estimate of drug-likeness (QED) is 0.616. The summed E-state index contributed by atoms with van der Waals surface area (Å²) in [6, 6.07) is 1.18. The van der Waals surface area contributed by atoms with Gasteiger partial charge in [-0.05, 0) is 13.3 Å². The van der Waals surface area contributed by atoms with Gasteiger partial charge in [-0.1, -0.05) is 0 Å². The molecule has 0 bridgehead atoms. The van der Waals surface area contributed by atoms with E-state index in [2.05, 4.69) is 4.98 Å². The molecule has 18 heavy (non-hydrogen) atoms. The number of hydrogen-bond donors (Lipinski definition) is 3. The van der Waals surface area contributed by atoms with Gasteiger partial charge in [0.25, 0.3) is 5.56 Å².